The third-order valence-electron chi connectivity index (χ3n) is 3.04. The number of likely N-dealkylation sites (tertiary alicyclic amines) is 1. The van der Waals surface area contributed by atoms with Gasteiger partial charge in [0.05, 0.1) is 11.5 Å². The zero-order valence-corrected chi connectivity index (χ0v) is 10.3. The highest BCUT2D eigenvalue weighted by Gasteiger charge is 2.19. The van der Waals surface area contributed by atoms with Crippen molar-refractivity contribution < 1.29 is 14.1 Å². The van der Waals surface area contributed by atoms with Crippen molar-refractivity contribution >= 4 is 17.3 Å². The van der Waals surface area contributed by atoms with Crippen molar-refractivity contribution in [3.05, 3.63) is 34.1 Å². The van der Waals surface area contributed by atoms with E-state index in [4.69, 9.17) is 0 Å². The Morgan fingerprint density at radius 2 is 2.11 bits per heavy atom. The maximum atomic E-state index is 13.1. The number of rotatable bonds is 4. The molecule has 0 aromatic heterocycles. The monoisotopic (exact) mass is 267 g/mol. The number of nitrogens with zero attached hydrogens (tertiary/aromatic N) is 2. The van der Waals surface area contributed by atoms with Crippen molar-refractivity contribution in [2.75, 3.05) is 25.0 Å². The standard InChI is InChI=1S/C12H14FN3O3/c13-9-3-4-11(16(18)19)10(7-9)14-8-12(17)15-5-1-2-6-15/h3-4,7,14H,1-2,5-6,8H2. The van der Waals surface area contributed by atoms with Crippen LogP contribution in [0.15, 0.2) is 18.2 Å². The van der Waals surface area contributed by atoms with Gasteiger partial charge in [-0.05, 0) is 18.9 Å². The van der Waals surface area contributed by atoms with Crippen LogP contribution in [-0.2, 0) is 4.79 Å². The van der Waals surface area contributed by atoms with E-state index in [1.807, 2.05) is 0 Å². The number of benzene rings is 1. The summed E-state index contributed by atoms with van der Waals surface area (Å²) in [6.07, 6.45) is 1.96. The largest absolute Gasteiger partial charge is 0.370 e. The summed E-state index contributed by atoms with van der Waals surface area (Å²) in [4.78, 5) is 23.6. The van der Waals surface area contributed by atoms with E-state index in [-0.39, 0.29) is 23.8 Å². The average Bonchev–Trinajstić information content (AvgIpc) is 2.89. The van der Waals surface area contributed by atoms with E-state index in [1.165, 1.54) is 0 Å². The minimum absolute atomic E-state index is 0.0255. The fourth-order valence-electron chi connectivity index (χ4n) is 2.06. The van der Waals surface area contributed by atoms with Crippen LogP contribution in [0.25, 0.3) is 0 Å². The molecule has 0 radical (unpaired) electrons. The van der Waals surface area contributed by atoms with Crippen LogP contribution >= 0.6 is 0 Å². The van der Waals surface area contributed by atoms with Gasteiger partial charge in [-0.1, -0.05) is 0 Å². The van der Waals surface area contributed by atoms with Crippen LogP contribution in [0.4, 0.5) is 15.8 Å². The smallest absolute Gasteiger partial charge is 0.292 e. The van der Waals surface area contributed by atoms with Crippen LogP contribution in [0.2, 0.25) is 0 Å². The van der Waals surface area contributed by atoms with Gasteiger partial charge in [-0.3, -0.25) is 14.9 Å². The van der Waals surface area contributed by atoms with Crippen molar-refractivity contribution in [3.8, 4) is 0 Å². The molecule has 1 aliphatic heterocycles. The molecule has 1 aromatic carbocycles. The molecule has 1 N–H and O–H groups in total. The summed E-state index contributed by atoms with van der Waals surface area (Å²) in [6.45, 7) is 1.36. The molecular formula is C12H14FN3O3. The molecule has 1 fully saturated rings. The molecule has 0 unspecified atom stereocenters. The SMILES string of the molecule is O=C(CNc1cc(F)ccc1[N+](=O)[O-])N1CCCC1. The lowest BCUT2D eigenvalue weighted by Crippen LogP contribution is -2.33. The Bertz CT molecular complexity index is 501. The number of nitro groups is 1. The van der Waals surface area contributed by atoms with Gasteiger partial charge in [-0.25, -0.2) is 4.39 Å². The number of nitro benzene ring substituents is 1. The first-order valence-corrected chi connectivity index (χ1v) is 6.03. The molecule has 1 saturated heterocycles. The third kappa shape index (κ3) is 3.18. The molecule has 7 heteroatoms. The minimum atomic E-state index is -0.609. The maximum absolute atomic E-state index is 13.1. The van der Waals surface area contributed by atoms with Crippen LogP contribution in [0, 0.1) is 15.9 Å². The zero-order chi connectivity index (χ0) is 13.8. The quantitative estimate of drug-likeness (QED) is 0.666. The second-order valence-electron chi connectivity index (χ2n) is 4.36. The average molecular weight is 267 g/mol. The summed E-state index contributed by atoms with van der Waals surface area (Å²) in [5.74, 6) is -0.710. The minimum Gasteiger partial charge on any atom is -0.370 e. The van der Waals surface area contributed by atoms with Gasteiger partial charge in [0.2, 0.25) is 5.91 Å². The first-order chi connectivity index (χ1) is 9.08. The maximum Gasteiger partial charge on any atom is 0.292 e. The normalized spacial score (nSPS) is 14.5. The van der Waals surface area contributed by atoms with Crippen molar-refractivity contribution in [1.82, 2.24) is 4.90 Å². The molecule has 1 aromatic rings. The van der Waals surface area contributed by atoms with Gasteiger partial charge in [0, 0.05) is 25.2 Å². The molecule has 2 rings (SSSR count). The number of hydrogen-bond donors (Lipinski definition) is 1. The van der Waals surface area contributed by atoms with Gasteiger partial charge in [0.15, 0.2) is 0 Å². The molecule has 0 saturated carbocycles. The van der Waals surface area contributed by atoms with E-state index < -0.39 is 10.7 Å². The molecular weight excluding hydrogens is 253 g/mol. The van der Waals surface area contributed by atoms with Gasteiger partial charge >= 0.3 is 0 Å². The van der Waals surface area contributed by atoms with Gasteiger partial charge in [0.1, 0.15) is 11.5 Å². The molecule has 6 nitrogen and oxygen atoms in total. The first-order valence-electron chi connectivity index (χ1n) is 6.03. The molecule has 102 valence electrons. The van der Waals surface area contributed by atoms with E-state index in [1.54, 1.807) is 4.90 Å². The number of anilines is 1. The number of hydrogen-bond acceptors (Lipinski definition) is 4. The first kappa shape index (κ1) is 13.3. The Kier molecular flexibility index (Phi) is 3.94. The van der Waals surface area contributed by atoms with Crippen molar-refractivity contribution in [3.63, 3.8) is 0 Å². The van der Waals surface area contributed by atoms with Crippen LogP contribution in [0.3, 0.4) is 0 Å². The Morgan fingerprint density at radius 1 is 1.42 bits per heavy atom. The number of carbonyl (C=O) groups is 1. The predicted octanol–water partition coefficient (Wildman–Crippen LogP) is 1.77. The molecule has 0 spiro atoms. The molecule has 1 aliphatic rings. The summed E-state index contributed by atoms with van der Waals surface area (Å²) in [7, 11) is 0. The summed E-state index contributed by atoms with van der Waals surface area (Å²) in [5, 5.41) is 13.4. The molecule has 0 atom stereocenters. The second-order valence-corrected chi connectivity index (χ2v) is 4.36. The summed E-state index contributed by atoms with van der Waals surface area (Å²) in [5.41, 5.74) is -0.215. The Hall–Kier alpha value is -2.18. The van der Waals surface area contributed by atoms with Crippen LogP contribution < -0.4 is 5.32 Å². The predicted molar refractivity (Wildman–Crippen MR) is 67.4 cm³/mol. The molecule has 19 heavy (non-hydrogen) atoms. The lowest BCUT2D eigenvalue weighted by molar-refractivity contribution is -0.384. The van der Waals surface area contributed by atoms with Crippen molar-refractivity contribution in [2.24, 2.45) is 0 Å². The van der Waals surface area contributed by atoms with Gasteiger partial charge in [-0.2, -0.15) is 0 Å². The Labute approximate surface area is 109 Å². The number of halogens is 1. The number of amides is 1. The summed E-state index contributed by atoms with van der Waals surface area (Å²) < 4.78 is 13.1. The lowest BCUT2D eigenvalue weighted by Gasteiger charge is -2.15. The molecule has 0 aliphatic carbocycles. The summed E-state index contributed by atoms with van der Waals surface area (Å²) >= 11 is 0. The van der Waals surface area contributed by atoms with Crippen LogP contribution in [0.1, 0.15) is 12.8 Å². The fraction of sp³-hybridized carbons (Fsp3) is 0.417. The lowest BCUT2D eigenvalue weighted by atomic mass is 10.2. The Morgan fingerprint density at radius 3 is 2.74 bits per heavy atom. The van der Waals surface area contributed by atoms with Crippen molar-refractivity contribution in [2.45, 2.75) is 12.8 Å². The molecule has 0 bridgehead atoms. The highest BCUT2D eigenvalue weighted by atomic mass is 19.1. The van der Waals surface area contributed by atoms with Crippen molar-refractivity contribution in [1.29, 1.82) is 0 Å². The third-order valence-corrected chi connectivity index (χ3v) is 3.04. The van der Waals surface area contributed by atoms with Crippen LogP contribution in [0.5, 0.6) is 0 Å². The number of nitrogens with one attached hydrogen (secondary N) is 1. The van der Waals surface area contributed by atoms with Gasteiger partial charge in [0.25, 0.3) is 5.69 Å². The molecule has 1 amide bonds. The highest BCUT2D eigenvalue weighted by molar-refractivity contribution is 5.82. The van der Waals surface area contributed by atoms with E-state index in [0.717, 1.165) is 31.0 Å². The van der Waals surface area contributed by atoms with E-state index in [0.29, 0.717) is 13.1 Å². The number of carbonyl (C=O) groups excluding carboxylic acids is 1. The zero-order valence-electron chi connectivity index (χ0n) is 10.3. The van der Waals surface area contributed by atoms with Gasteiger partial charge in [-0.15, -0.1) is 0 Å². The van der Waals surface area contributed by atoms with E-state index in [9.17, 15) is 19.3 Å². The van der Waals surface area contributed by atoms with E-state index in [2.05, 4.69) is 5.32 Å². The second kappa shape index (κ2) is 5.64. The highest BCUT2D eigenvalue weighted by Crippen LogP contribution is 2.24. The Balaban J connectivity index is 2.04. The van der Waals surface area contributed by atoms with E-state index >= 15 is 0 Å². The van der Waals surface area contributed by atoms with Crippen LogP contribution in [-0.4, -0.2) is 35.4 Å². The summed E-state index contributed by atoms with van der Waals surface area (Å²) in [6, 6.07) is 3.12. The fourth-order valence-corrected chi connectivity index (χ4v) is 2.06. The molecule has 1 heterocycles. The van der Waals surface area contributed by atoms with Gasteiger partial charge < -0.3 is 10.2 Å². The topological polar surface area (TPSA) is 75.5 Å².